The molecule has 3 saturated carbocycles. The van der Waals surface area contributed by atoms with Crippen molar-refractivity contribution in [1.29, 1.82) is 0 Å². The quantitative estimate of drug-likeness (QED) is 0.514. The highest BCUT2D eigenvalue weighted by Gasteiger charge is 2.42. The van der Waals surface area contributed by atoms with Crippen molar-refractivity contribution in [2.75, 3.05) is 6.61 Å². The summed E-state index contributed by atoms with van der Waals surface area (Å²) in [6.07, 6.45) is 6.65. The molecule has 3 aliphatic carbocycles. The van der Waals surface area contributed by atoms with E-state index >= 15 is 0 Å². The molecule has 6 unspecified atom stereocenters. The van der Waals surface area contributed by atoms with Crippen LogP contribution in [0, 0.1) is 26.1 Å². The number of hydrogen-bond donors (Lipinski definition) is 1. The van der Waals surface area contributed by atoms with Crippen molar-refractivity contribution in [2.24, 2.45) is 5.92 Å². The van der Waals surface area contributed by atoms with Gasteiger partial charge < -0.3 is 14.6 Å². The fourth-order valence-electron chi connectivity index (χ4n) is 4.97. The molecule has 0 bridgehead atoms. The van der Waals surface area contributed by atoms with Gasteiger partial charge in [0.05, 0.1) is 18.8 Å². The van der Waals surface area contributed by atoms with Gasteiger partial charge in [-0.15, -0.1) is 0 Å². The van der Waals surface area contributed by atoms with Crippen LogP contribution in [0.3, 0.4) is 0 Å². The highest BCUT2D eigenvalue weighted by molar-refractivity contribution is 4.86. The average Bonchev–Trinajstić information content (AvgIpc) is 2.67. The lowest BCUT2D eigenvalue weighted by atomic mass is 9.87. The van der Waals surface area contributed by atoms with Gasteiger partial charge in [0.25, 0.3) is 0 Å². The maximum Gasteiger partial charge on any atom is 0.239 e. The molecule has 0 radical (unpaired) electrons. The molecule has 0 saturated heterocycles. The zero-order chi connectivity index (χ0) is 20.1. The average molecular weight is 400 g/mol. The van der Waals surface area contributed by atoms with Gasteiger partial charge in [-0.1, -0.05) is 19.3 Å². The van der Waals surface area contributed by atoms with Gasteiger partial charge in [-0.2, -0.15) is 0 Å². The second kappa shape index (κ2) is 9.93. The van der Waals surface area contributed by atoms with Crippen molar-refractivity contribution < 1.29 is 24.4 Å². The van der Waals surface area contributed by atoms with E-state index in [2.05, 4.69) is 0 Å². The van der Waals surface area contributed by atoms with Crippen LogP contribution in [0.4, 0.5) is 0 Å². The van der Waals surface area contributed by atoms with Crippen molar-refractivity contribution in [3.8, 4) is 0 Å². The van der Waals surface area contributed by atoms with Crippen LogP contribution in [-0.4, -0.2) is 58.1 Å². The van der Waals surface area contributed by atoms with Gasteiger partial charge in [-0.25, -0.2) is 0 Å². The van der Waals surface area contributed by atoms with E-state index in [9.17, 15) is 25.3 Å². The Hall–Kier alpha value is -1.32. The third kappa shape index (κ3) is 5.61. The number of rotatable bonds is 7. The topological polar surface area (TPSA) is 125 Å². The summed E-state index contributed by atoms with van der Waals surface area (Å²) in [4.78, 5) is 21.7. The van der Waals surface area contributed by atoms with E-state index in [0.717, 1.165) is 12.8 Å². The number of hydrogen-bond acceptors (Lipinski definition) is 7. The second-order valence-corrected chi connectivity index (χ2v) is 8.65. The molecule has 0 amide bonds. The van der Waals surface area contributed by atoms with Crippen LogP contribution in [0.25, 0.3) is 0 Å². The molecule has 3 rings (SSSR count). The molecule has 9 heteroatoms. The van der Waals surface area contributed by atoms with Gasteiger partial charge in [0.15, 0.2) is 0 Å². The predicted octanol–water partition coefficient (Wildman–Crippen LogP) is 2.73. The molecule has 3 fully saturated rings. The summed E-state index contributed by atoms with van der Waals surface area (Å²) in [6.45, 7) is 0.578. The molecule has 0 heterocycles. The lowest BCUT2D eigenvalue weighted by molar-refractivity contribution is -0.541. The molecule has 3 aliphatic rings. The highest BCUT2D eigenvalue weighted by atomic mass is 16.6. The molecule has 0 aromatic heterocycles. The standard InChI is InChI=1S/C19H32N2O7/c22-18-10-14(6-8-16(18)20(23)24)28-15-7-9-17(21(25)26)19(11-15)27-12-13-4-2-1-3-5-13/h13-19,22H,1-12H2. The fourth-order valence-corrected chi connectivity index (χ4v) is 4.97. The first-order chi connectivity index (χ1) is 13.4. The second-order valence-electron chi connectivity index (χ2n) is 8.65. The highest BCUT2D eigenvalue weighted by Crippen LogP contribution is 2.32. The molecule has 0 spiro atoms. The molecular formula is C19H32N2O7. The molecule has 0 aromatic rings. The summed E-state index contributed by atoms with van der Waals surface area (Å²) in [5.74, 6) is 0.495. The van der Waals surface area contributed by atoms with E-state index in [-0.39, 0.29) is 23.6 Å². The predicted molar refractivity (Wildman–Crippen MR) is 100 cm³/mol. The molecule has 28 heavy (non-hydrogen) atoms. The summed E-state index contributed by atoms with van der Waals surface area (Å²) in [7, 11) is 0. The Balaban J connectivity index is 1.50. The minimum absolute atomic E-state index is 0.156. The summed E-state index contributed by atoms with van der Waals surface area (Å²) in [6, 6.07) is -1.61. The number of aliphatic hydroxyl groups excluding tert-OH is 1. The van der Waals surface area contributed by atoms with Crippen LogP contribution in [0.5, 0.6) is 0 Å². The van der Waals surface area contributed by atoms with Crippen LogP contribution in [0.1, 0.15) is 70.6 Å². The third-order valence-electron chi connectivity index (χ3n) is 6.64. The maximum atomic E-state index is 11.4. The van der Waals surface area contributed by atoms with Crippen molar-refractivity contribution in [3.05, 3.63) is 20.2 Å². The van der Waals surface area contributed by atoms with Crippen LogP contribution >= 0.6 is 0 Å². The van der Waals surface area contributed by atoms with Crippen LogP contribution in [-0.2, 0) is 9.47 Å². The van der Waals surface area contributed by atoms with Gasteiger partial charge >= 0.3 is 0 Å². The Bertz CT molecular complexity index is 540. The fraction of sp³-hybridized carbons (Fsp3) is 1.00. The minimum Gasteiger partial charge on any atom is -0.386 e. The monoisotopic (exact) mass is 400 g/mol. The third-order valence-corrected chi connectivity index (χ3v) is 6.64. The van der Waals surface area contributed by atoms with Crippen LogP contribution in [0.15, 0.2) is 0 Å². The van der Waals surface area contributed by atoms with E-state index in [1.54, 1.807) is 0 Å². The summed E-state index contributed by atoms with van der Waals surface area (Å²) in [5.41, 5.74) is 0. The first-order valence-corrected chi connectivity index (χ1v) is 10.7. The zero-order valence-electron chi connectivity index (χ0n) is 16.3. The molecule has 160 valence electrons. The molecule has 1 N–H and O–H groups in total. The van der Waals surface area contributed by atoms with Crippen LogP contribution in [0.2, 0.25) is 0 Å². The Morgan fingerprint density at radius 1 is 0.821 bits per heavy atom. The van der Waals surface area contributed by atoms with Gasteiger partial charge in [-0.05, 0) is 31.6 Å². The van der Waals surface area contributed by atoms with E-state index in [0.29, 0.717) is 44.6 Å². The molecular weight excluding hydrogens is 368 g/mol. The van der Waals surface area contributed by atoms with E-state index in [1.165, 1.54) is 19.3 Å². The van der Waals surface area contributed by atoms with Crippen molar-refractivity contribution in [1.82, 2.24) is 0 Å². The Labute approximate surface area is 165 Å². The smallest absolute Gasteiger partial charge is 0.239 e. The number of ether oxygens (including phenoxy) is 2. The largest absolute Gasteiger partial charge is 0.386 e. The Morgan fingerprint density at radius 3 is 2.04 bits per heavy atom. The van der Waals surface area contributed by atoms with Crippen LogP contribution < -0.4 is 0 Å². The van der Waals surface area contributed by atoms with Gasteiger partial charge in [0.1, 0.15) is 12.2 Å². The molecule has 0 aromatic carbocycles. The van der Waals surface area contributed by atoms with Gasteiger partial charge in [0.2, 0.25) is 12.1 Å². The molecule has 6 atom stereocenters. The normalized spacial score (nSPS) is 37.5. The lowest BCUT2D eigenvalue weighted by Crippen LogP contribution is -2.47. The Kier molecular flexibility index (Phi) is 7.59. The number of nitro groups is 2. The molecule has 9 nitrogen and oxygen atoms in total. The van der Waals surface area contributed by atoms with Crippen molar-refractivity contribution >= 4 is 0 Å². The number of nitrogens with zero attached hydrogens (tertiary/aromatic N) is 2. The van der Waals surface area contributed by atoms with Gasteiger partial charge in [-0.3, -0.25) is 20.2 Å². The first-order valence-electron chi connectivity index (χ1n) is 10.7. The maximum absolute atomic E-state index is 11.4. The molecule has 0 aliphatic heterocycles. The minimum atomic E-state index is -0.998. The van der Waals surface area contributed by atoms with E-state index in [1.807, 2.05) is 0 Å². The van der Waals surface area contributed by atoms with Crippen molar-refractivity contribution in [3.63, 3.8) is 0 Å². The van der Waals surface area contributed by atoms with Crippen molar-refractivity contribution in [2.45, 2.75) is 107 Å². The lowest BCUT2D eigenvalue weighted by Gasteiger charge is -2.36. The zero-order valence-corrected chi connectivity index (χ0v) is 16.3. The van der Waals surface area contributed by atoms with E-state index < -0.39 is 29.2 Å². The summed E-state index contributed by atoms with van der Waals surface area (Å²) in [5, 5.41) is 32.4. The first kappa shape index (κ1) is 21.4. The summed E-state index contributed by atoms with van der Waals surface area (Å²) >= 11 is 0. The van der Waals surface area contributed by atoms with E-state index in [4.69, 9.17) is 9.47 Å². The Morgan fingerprint density at radius 2 is 1.43 bits per heavy atom. The SMILES string of the molecule is O=[N+]([O-])C1CCC(OC2CCC([N+](=O)[O-])C(OCC3CCCCC3)C2)CC1O. The number of aliphatic hydroxyl groups is 1. The van der Waals surface area contributed by atoms with Gasteiger partial charge in [0, 0.05) is 35.5 Å². The summed E-state index contributed by atoms with van der Waals surface area (Å²) < 4.78 is 12.1.